The second-order valence-corrected chi connectivity index (χ2v) is 6.59. The van der Waals surface area contributed by atoms with Gasteiger partial charge in [0, 0.05) is 24.9 Å². The van der Waals surface area contributed by atoms with Crippen LogP contribution in [0.1, 0.15) is 34.1 Å². The van der Waals surface area contributed by atoms with Crippen LogP contribution in [0.2, 0.25) is 0 Å². The molecule has 7 heteroatoms. The van der Waals surface area contributed by atoms with Crippen LogP contribution in [0.5, 0.6) is 0 Å². The van der Waals surface area contributed by atoms with E-state index in [0.717, 1.165) is 17.1 Å². The number of carbonyl (C=O) groups is 2. The van der Waals surface area contributed by atoms with Gasteiger partial charge >= 0.3 is 0 Å². The highest BCUT2D eigenvalue weighted by Gasteiger charge is 2.35. The molecule has 1 saturated heterocycles. The van der Waals surface area contributed by atoms with Crippen molar-refractivity contribution in [2.24, 2.45) is 0 Å². The minimum absolute atomic E-state index is 0.102. The maximum absolute atomic E-state index is 12.4. The average Bonchev–Trinajstić information content (AvgIpc) is 3.28. The molecule has 0 saturated carbocycles. The second kappa shape index (κ2) is 6.95. The lowest BCUT2D eigenvalue weighted by Gasteiger charge is -2.22. The number of thiazole rings is 1. The van der Waals surface area contributed by atoms with Gasteiger partial charge in [-0.15, -0.1) is 11.3 Å². The number of nitrogens with zero attached hydrogens (tertiary/aromatic N) is 2. The molecule has 1 N–H and O–H groups in total. The fourth-order valence-electron chi connectivity index (χ4n) is 2.78. The summed E-state index contributed by atoms with van der Waals surface area (Å²) in [5.74, 6) is -0.0419. The smallest absolute Gasteiger partial charge is 0.290 e. The van der Waals surface area contributed by atoms with Crippen LogP contribution in [0.15, 0.2) is 28.2 Å². The van der Waals surface area contributed by atoms with E-state index in [-0.39, 0.29) is 17.6 Å². The Bertz CT molecular complexity index is 681. The summed E-state index contributed by atoms with van der Waals surface area (Å²) >= 11 is 1.60. The molecule has 1 unspecified atom stereocenters. The van der Waals surface area contributed by atoms with E-state index in [4.69, 9.17) is 4.42 Å². The Morgan fingerprint density at radius 1 is 1.52 bits per heavy atom. The molecule has 0 aliphatic carbocycles. The van der Waals surface area contributed by atoms with Crippen LogP contribution in [-0.4, -0.2) is 40.8 Å². The van der Waals surface area contributed by atoms with Crippen molar-refractivity contribution in [3.05, 3.63) is 40.2 Å². The van der Waals surface area contributed by atoms with Crippen molar-refractivity contribution in [1.29, 1.82) is 0 Å². The minimum Gasteiger partial charge on any atom is -0.459 e. The van der Waals surface area contributed by atoms with Crippen molar-refractivity contribution in [3.63, 3.8) is 0 Å². The SMILES string of the molecule is Cc1nc(CCNC(=O)C2CCCN2C(=O)c2ccco2)cs1. The fourth-order valence-corrected chi connectivity index (χ4v) is 3.43. The standard InChI is InChI=1S/C16H19N3O3S/c1-11-18-12(10-23-11)6-7-17-15(20)13-4-2-8-19(13)16(21)14-5-3-9-22-14/h3,5,9-10,13H,2,4,6-8H2,1H3,(H,17,20). The van der Waals surface area contributed by atoms with Crippen LogP contribution >= 0.6 is 11.3 Å². The van der Waals surface area contributed by atoms with Crippen LogP contribution in [0.25, 0.3) is 0 Å². The first-order chi connectivity index (χ1) is 11.1. The van der Waals surface area contributed by atoms with Gasteiger partial charge in [0.25, 0.3) is 5.91 Å². The number of amides is 2. The van der Waals surface area contributed by atoms with Crippen molar-refractivity contribution in [1.82, 2.24) is 15.2 Å². The lowest BCUT2D eigenvalue weighted by Crippen LogP contribution is -2.46. The third-order valence-electron chi connectivity index (χ3n) is 3.90. The van der Waals surface area contributed by atoms with Crippen molar-refractivity contribution in [3.8, 4) is 0 Å². The van der Waals surface area contributed by atoms with Crippen LogP contribution in [0.3, 0.4) is 0 Å². The van der Waals surface area contributed by atoms with Gasteiger partial charge in [0.2, 0.25) is 5.91 Å². The molecule has 23 heavy (non-hydrogen) atoms. The summed E-state index contributed by atoms with van der Waals surface area (Å²) < 4.78 is 5.15. The average molecular weight is 333 g/mol. The van der Waals surface area contributed by atoms with E-state index in [0.29, 0.717) is 25.9 Å². The van der Waals surface area contributed by atoms with E-state index in [2.05, 4.69) is 10.3 Å². The van der Waals surface area contributed by atoms with Gasteiger partial charge < -0.3 is 14.6 Å². The Hall–Kier alpha value is -2.15. The molecule has 6 nitrogen and oxygen atoms in total. The maximum atomic E-state index is 12.4. The number of rotatable bonds is 5. The van der Waals surface area contributed by atoms with Crippen molar-refractivity contribution < 1.29 is 14.0 Å². The van der Waals surface area contributed by atoms with E-state index in [1.807, 2.05) is 12.3 Å². The first-order valence-electron chi connectivity index (χ1n) is 7.68. The molecule has 2 aromatic heterocycles. The zero-order valence-corrected chi connectivity index (χ0v) is 13.8. The summed E-state index contributed by atoms with van der Waals surface area (Å²) in [6.07, 6.45) is 3.69. The number of furan rings is 1. The topological polar surface area (TPSA) is 75.4 Å². The van der Waals surface area contributed by atoms with Crippen molar-refractivity contribution in [2.45, 2.75) is 32.2 Å². The molecule has 0 bridgehead atoms. The Morgan fingerprint density at radius 3 is 3.09 bits per heavy atom. The Balaban J connectivity index is 1.54. The van der Waals surface area contributed by atoms with E-state index in [1.54, 1.807) is 28.4 Å². The molecule has 1 aliphatic rings. The Labute approximate surface area is 138 Å². The molecular formula is C16H19N3O3S. The van der Waals surface area contributed by atoms with Gasteiger partial charge in [-0.2, -0.15) is 0 Å². The molecule has 0 aromatic carbocycles. The molecule has 122 valence electrons. The molecule has 3 rings (SSSR count). The van der Waals surface area contributed by atoms with Gasteiger partial charge in [0.15, 0.2) is 5.76 Å². The number of hydrogen-bond acceptors (Lipinski definition) is 5. The summed E-state index contributed by atoms with van der Waals surface area (Å²) in [5, 5.41) is 5.94. The van der Waals surface area contributed by atoms with Gasteiger partial charge in [0.05, 0.1) is 17.0 Å². The number of hydrogen-bond donors (Lipinski definition) is 1. The zero-order chi connectivity index (χ0) is 16.2. The lowest BCUT2D eigenvalue weighted by molar-refractivity contribution is -0.124. The second-order valence-electron chi connectivity index (χ2n) is 5.53. The van der Waals surface area contributed by atoms with Crippen LogP contribution in [0.4, 0.5) is 0 Å². The molecular weight excluding hydrogens is 314 g/mol. The first-order valence-corrected chi connectivity index (χ1v) is 8.56. The summed E-state index contributed by atoms with van der Waals surface area (Å²) in [7, 11) is 0. The molecule has 2 amide bonds. The molecule has 1 atom stereocenters. The third kappa shape index (κ3) is 3.61. The summed E-state index contributed by atoms with van der Waals surface area (Å²) in [4.78, 5) is 30.7. The third-order valence-corrected chi connectivity index (χ3v) is 4.72. The number of likely N-dealkylation sites (tertiary alicyclic amines) is 1. The molecule has 0 spiro atoms. The normalized spacial score (nSPS) is 17.4. The molecule has 3 heterocycles. The van der Waals surface area contributed by atoms with Crippen LogP contribution < -0.4 is 5.32 Å². The molecule has 0 radical (unpaired) electrons. The predicted octanol–water partition coefficient (Wildman–Crippen LogP) is 2.01. The predicted molar refractivity (Wildman–Crippen MR) is 86.3 cm³/mol. The number of aromatic nitrogens is 1. The summed E-state index contributed by atoms with van der Waals surface area (Å²) in [6.45, 7) is 3.08. The molecule has 1 fully saturated rings. The van der Waals surface area contributed by atoms with Crippen molar-refractivity contribution >= 4 is 23.2 Å². The highest BCUT2D eigenvalue weighted by atomic mass is 32.1. The van der Waals surface area contributed by atoms with Crippen LogP contribution in [0, 0.1) is 6.92 Å². The maximum Gasteiger partial charge on any atom is 0.290 e. The fraction of sp³-hybridized carbons (Fsp3) is 0.438. The van der Waals surface area contributed by atoms with Crippen LogP contribution in [-0.2, 0) is 11.2 Å². The van der Waals surface area contributed by atoms with E-state index < -0.39 is 6.04 Å². The monoisotopic (exact) mass is 333 g/mol. The van der Waals surface area contributed by atoms with Gasteiger partial charge in [-0.1, -0.05) is 0 Å². The van der Waals surface area contributed by atoms with Gasteiger partial charge in [-0.05, 0) is 31.9 Å². The van der Waals surface area contributed by atoms with Crippen molar-refractivity contribution in [2.75, 3.05) is 13.1 Å². The summed E-state index contributed by atoms with van der Waals surface area (Å²) in [5.41, 5.74) is 0.989. The van der Waals surface area contributed by atoms with E-state index >= 15 is 0 Å². The van der Waals surface area contributed by atoms with Gasteiger partial charge in [-0.3, -0.25) is 9.59 Å². The van der Waals surface area contributed by atoms with E-state index in [9.17, 15) is 9.59 Å². The number of nitrogens with one attached hydrogen (secondary N) is 1. The quantitative estimate of drug-likeness (QED) is 0.908. The number of aryl methyl sites for hydroxylation is 1. The number of carbonyl (C=O) groups excluding carboxylic acids is 2. The summed E-state index contributed by atoms with van der Waals surface area (Å²) in [6, 6.07) is 2.89. The molecule has 1 aliphatic heterocycles. The largest absolute Gasteiger partial charge is 0.459 e. The van der Waals surface area contributed by atoms with Gasteiger partial charge in [0.1, 0.15) is 6.04 Å². The van der Waals surface area contributed by atoms with Gasteiger partial charge in [-0.25, -0.2) is 4.98 Å². The lowest BCUT2D eigenvalue weighted by atomic mass is 10.2. The molecule has 2 aromatic rings. The van der Waals surface area contributed by atoms with E-state index in [1.165, 1.54) is 6.26 Å². The highest BCUT2D eigenvalue weighted by molar-refractivity contribution is 7.09. The first kappa shape index (κ1) is 15.7. The highest BCUT2D eigenvalue weighted by Crippen LogP contribution is 2.20. The Morgan fingerprint density at radius 2 is 2.39 bits per heavy atom. The zero-order valence-electron chi connectivity index (χ0n) is 12.9. The Kier molecular flexibility index (Phi) is 4.76. The minimum atomic E-state index is -0.412.